The Morgan fingerprint density at radius 3 is 3.05 bits per heavy atom. The van der Waals surface area contributed by atoms with Crippen molar-refractivity contribution in [3.8, 4) is 11.5 Å². The smallest absolute Gasteiger partial charge is 0.244 e. The van der Waals surface area contributed by atoms with Gasteiger partial charge in [0.15, 0.2) is 0 Å². The fourth-order valence-electron chi connectivity index (χ4n) is 2.46. The lowest BCUT2D eigenvalue weighted by atomic mass is 10.1. The number of nitrogens with zero attached hydrogens (tertiary/aromatic N) is 1. The zero-order valence-corrected chi connectivity index (χ0v) is 12.6. The van der Waals surface area contributed by atoms with Crippen LogP contribution in [0.5, 0.6) is 0 Å². The van der Waals surface area contributed by atoms with Crippen LogP contribution in [0.3, 0.4) is 0 Å². The number of carbonyl (C=O) groups is 1. The summed E-state index contributed by atoms with van der Waals surface area (Å²) in [6.45, 7) is 5.07. The van der Waals surface area contributed by atoms with Crippen LogP contribution in [0.2, 0.25) is 0 Å². The number of hydrogen-bond donors (Lipinski definition) is 2. The highest BCUT2D eigenvalue weighted by Gasteiger charge is 2.28. The molecular formula is C16H19N3O3. The molecule has 2 aromatic rings. The second-order valence-electron chi connectivity index (χ2n) is 5.37. The molecule has 1 aromatic carbocycles. The summed E-state index contributed by atoms with van der Waals surface area (Å²) < 4.78 is 10.9. The molecule has 2 atom stereocenters. The van der Waals surface area contributed by atoms with E-state index < -0.39 is 0 Å². The number of anilines is 1. The highest BCUT2D eigenvalue weighted by molar-refractivity contribution is 5.95. The Kier molecular flexibility index (Phi) is 4.22. The first-order valence-corrected chi connectivity index (χ1v) is 7.32. The molecule has 22 heavy (non-hydrogen) atoms. The van der Waals surface area contributed by atoms with E-state index in [0.29, 0.717) is 24.7 Å². The molecule has 1 aromatic heterocycles. The highest BCUT2D eigenvalue weighted by atomic mass is 16.5. The zero-order chi connectivity index (χ0) is 15.5. The van der Waals surface area contributed by atoms with E-state index in [-0.39, 0.29) is 18.1 Å². The Hall–Kier alpha value is -2.18. The maximum atomic E-state index is 12.3. The van der Waals surface area contributed by atoms with Crippen molar-refractivity contribution in [1.82, 2.24) is 10.3 Å². The van der Waals surface area contributed by atoms with E-state index in [0.717, 1.165) is 11.3 Å². The van der Waals surface area contributed by atoms with Crippen LogP contribution in [0.4, 0.5) is 5.69 Å². The fraction of sp³-hybridized carbons (Fsp3) is 0.375. The zero-order valence-electron chi connectivity index (χ0n) is 12.6. The standard InChI is InChI=1S/C16H19N3O3/c1-10-9-22-16(18-10)12-4-3-5-13(8-12)19-15(20)14-11(2)21-7-6-17-14/h3-5,8-9,11,14,17H,6-7H2,1-2H3,(H,19,20)/t11-,14+/m1/s1. The molecule has 116 valence electrons. The van der Waals surface area contributed by atoms with Gasteiger partial charge >= 0.3 is 0 Å². The monoisotopic (exact) mass is 301 g/mol. The van der Waals surface area contributed by atoms with Crippen LogP contribution in [0.25, 0.3) is 11.5 Å². The third-order valence-corrected chi connectivity index (χ3v) is 3.60. The maximum absolute atomic E-state index is 12.3. The van der Waals surface area contributed by atoms with Crippen molar-refractivity contribution in [3.63, 3.8) is 0 Å². The average molecular weight is 301 g/mol. The molecule has 2 heterocycles. The summed E-state index contributed by atoms with van der Waals surface area (Å²) in [7, 11) is 0. The van der Waals surface area contributed by atoms with Crippen molar-refractivity contribution >= 4 is 11.6 Å². The van der Waals surface area contributed by atoms with Crippen molar-refractivity contribution in [3.05, 3.63) is 36.2 Å². The molecule has 1 fully saturated rings. The van der Waals surface area contributed by atoms with Crippen LogP contribution in [-0.4, -0.2) is 36.2 Å². The summed E-state index contributed by atoms with van der Waals surface area (Å²) >= 11 is 0. The number of aryl methyl sites for hydroxylation is 1. The molecule has 1 saturated heterocycles. The number of hydrogen-bond acceptors (Lipinski definition) is 5. The maximum Gasteiger partial charge on any atom is 0.244 e. The van der Waals surface area contributed by atoms with E-state index in [1.54, 1.807) is 6.26 Å². The predicted molar refractivity (Wildman–Crippen MR) is 82.5 cm³/mol. The van der Waals surface area contributed by atoms with Gasteiger partial charge in [-0.2, -0.15) is 0 Å². The van der Waals surface area contributed by atoms with E-state index in [1.165, 1.54) is 0 Å². The van der Waals surface area contributed by atoms with Gasteiger partial charge in [0.05, 0.1) is 18.4 Å². The second-order valence-corrected chi connectivity index (χ2v) is 5.37. The average Bonchev–Trinajstić information content (AvgIpc) is 2.94. The van der Waals surface area contributed by atoms with E-state index in [2.05, 4.69) is 15.6 Å². The van der Waals surface area contributed by atoms with E-state index in [9.17, 15) is 4.79 Å². The van der Waals surface area contributed by atoms with Gasteiger partial charge < -0.3 is 19.8 Å². The van der Waals surface area contributed by atoms with Gasteiger partial charge in [0.2, 0.25) is 11.8 Å². The van der Waals surface area contributed by atoms with Gasteiger partial charge in [0.25, 0.3) is 0 Å². The normalized spacial score (nSPS) is 21.5. The molecule has 6 heteroatoms. The molecule has 1 amide bonds. The molecule has 1 aliphatic heterocycles. The summed E-state index contributed by atoms with van der Waals surface area (Å²) in [6, 6.07) is 7.09. The van der Waals surface area contributed by atoms with Crippen LogP contribution in [0.1, 0.15) is 12.6 Å². The van der Waals surface area contributed by atoms with Crippen LogP contribution >= 0.6 is 0 Å². The van der Waals surface area contributed by atoms with Crippen LogP contribution in [0, 0.1) is 6.92 Å². The van der Waals surface area contributed by atoms with Gasteiger partial charge in [0.1, 0.15) is 12.3 Å². The largest absolute Gasteiger partial charge is 0.444 e. The summed E-state index contributed by atoms with van der Waals surface area (Å²) in [5.41, 5.74) is 2.35. The first-order chi connectivity index (χ1) is 10.6. The number of carbonyl (C=O) groups excluding carboxylic acids is 1. The molecule has 0 saturated carbocycles. The predicted octanol–water partition coefficient (Wildman–Crippen LogP) is 1.97. The number of nitrogens with one attached hydrogen (secondary N) is 2. The molecule has 2 N–H and O–H groups in total. The molecule has 1 aliphatic rings. The number of morpholine rings is 1. The van der Waals surface area contributed by atoms with Crippen molar-refractivity contribution < 1.29 is 13.9 Å². The lowest BCUT2D eigenvalue weighted by Gasteiger charge is -2.29. The van der Waals surface area contributed by atoms with Crippen LogP contribution in [0.15, 0.2) is 34.9 Å². The summed E-state index contributed by atoms with van der Waals surface area (Å²) in [5, 5.41) is 6.08. The first-order valence-electron chi connectivity index (χ1n) is 7.32. The van der Waals surface area contributed by atoms with Crippen LogP contribution in [-0.2, 0) is 9.53 Å². The minimum Gasteiger partial charge on any atom is -0.444 e. The van der Waals surface area contributed by atoms with Gasteiger partial charge in [-0.05, 0) is 32.0 Å². The topological polar surface area (TPSA) is 76.4 Å². The Bertz CT molecular complexity index is 668. The lowest BCUT2D eigenvalue weighted by molar-refractivity contribution is -0.123. The number of oxazole rings is 1. The third kappa shape index (κ3) is 3.18. The summed E-state index contributed by atoms with van der Waals surface area (Å²) in [6.07, 6.45) is 1.46. The molecule has 0 spiro atoms. The first kappa shape index (κ1) is 14.7. The molecule has 0 bridgehead atoms. The van der Waals surface area contributed by atoms with Gasteiger partial charge in [-0.15, -0.1) is 0 Å². The number of benzene rings is 1. The van der Waals surface area contributed by atoms with Crippen molar-refractivity contribution in [2.75, 3.05) is 18.5 Å². The molecule has 0 aliphatic carbocycles. The number of ether oxygens (including phenoxy) is 1. The van der Waals surface area contributed by atoms with Gasteiger partial charge in [-0.25, -0.2) is 4.98 Å². The number of rotatable bonds is 3. The quantitative estimate of drug-likeness (QED) is 0.906. The van der Waals surface area contributed by atoms with Crippen LogP contribution < -0.4 is 10.6 Å². The van der Waals surface area contributed by atoms with E-state index >= 15 is 0 Å². The van der Waals surface area contributed by atoms with E-state index in [4.69, 9.17) is 9.15 Å². The van der Waals surface area contributed by atoms with Crippen molar-refractivity contribution in [1.29, 1.82) is 0 Å². The minimum absolute atomic E-state index is 0.104. The van der Waals surface area contributed by atoms with Gasteiger partial charge in [0, 0.05) is 17.8 Å². The third-order valence-electron chi connectivity index (χ3n) is 3.60. The molecule has 0 unspecified atom stereocenters. The summed E-state index contributed by atoms with van der Waals surface area (Å²) in [4.78, 5) is 16.6. The molecule has 6 nitrogen and oxygen atoms in total. The van der Waals surface area contributed by atoms with E-state index in [1.807, 2.05) is 38.1 Å². The van der Waals surface area contributed by atoms with Gasteiger partial charge in [-0.1, -0.05) is 6.07 Å². The lowest BCUT2D eigenvalue weighted by Crippen LogP contribution is -2.53. The SMILES string of the molecule is Cc1coc(-c2cccc(NC(=O)[C@H]3NCCO[C@@H]3C)c2)n1. The Morgan fingerprint density at radius 2 is 2.32 bits per heavy atom. The molecule has 0 radical (unpaired) electrons. The Balaban J connectivity index is 1.74. The highest BCUT2D eigenvalue weighted by Crippen LogP contribution is 2.22. The number of aromatic nitrogens is 1. The fourth-order valence-corrected chi connectivity index (χ4v) is 2.46. The Morgan fingerprint density at radius 1 is 1.45 bits per heavy atom. The number of amides is 1. The van der Waals surface area contributed by atoms with Crippen molar-refractivity contribution in [2.45, 2.75) is 26.0 Å². The molecular weight excluding hydrogens is 282 g/mol. The summed E-state index contributed by atoms with van der Waals surface area (Å²) in [5.74, 6) is 0.439. The Labute approximate surface area is 128 Å². The minimum atomic E-state index is -0.346. The molecule has 3 rings (SSSR count). The van der Waals surface area contributed by atoms with Gasteiger partial charge in [-0.3, -0.25) is 4.79 Å². The van der Waals surface area contributed by atoms with Crippen molar-refractivity contribution in [2.24, 2.45) is 0 Å². The second kappa shape index (κ2) is 6.29.